The minimum absolute atomic E-state index is 0.169. The van der Waals surface area contributed by atoms with Crippen molar-refractivity contribution in [2.75, 3.05) is 23.8 Å². The van der Waals surface area contributed by atoms with Crippen molar-refractivity contribution in [1.82, 2.24) is 0 Å². The van der Waals surface area contributed by atoms with Crippen LogP contribution < -0.4 is 10.6 Å². The molecule has 1 aliphatic rings. The number of carbonyl (C=O) groups excluding carboxylic acids is 3. The van der Waals surface area contributed by atoms with E-state index in [1.54, 1.807) is 24.3 Å². The van der Waals surface area contributed by atoms with Gasteiger partial charge in [-0.2, -0.15) is 0 Å². The summed E-state index contributed by atoms with van der Waals surface area (Å²) in [7, 11) is 0. The van der Waals surface area contributed by atoms with Crippen LogP contribution in [-0.4, -0.2) is 37.1 Å². The highest BCUT2D eigenvalue weighted by Gasteiger charge is 2.25. The number of benzene rings is 1. The van der Waals surface area contributed by atoms with Crippen LogP contribution >= 0.6 is 0 Å². The van der Waals surface area contributed by atoms with Crippen LogP contribution in [0.2, 0.25) is 0 Å². The molecule has 1 heterocycles. The monoisotopic (exact) mass is 306 g/mol. The molecule has 1 saturated heterocycles. The Morgan fingerprint density at radius 2 is 1.82 bits per heavy atom. The number of hydrogen-bond donors (Lipinski definition) is 2. The number of hydrogen-bond acceptors (Lipinski definition) is 5. The van der Waals surface area contributed by atoms with Crippen LogP contribution in [0.25, 0.3) is 0 Å². The van der Waals surface area contributed by atoms with Gasteiger partial charge in [-0.15, -0.1) is 0 Å². The van der Waals surface area contributed by atoms with Crippen molar-refractivity contribution in [2.24, 2.45) is 0 Å². The average molecular weight is 306 g/mol. The molecule has 1 aromatic carbocycles. The molecule has 7 heteroatoms. The Hall–Kier alpha value is -2.41. The third-order valence-corrected chi connectivity index (χ3v) is 3.03. The zero-order valence-corrected chi connectivity index (χ0v) is 12.3. The lowest BCUT2D eigenvalue weighted by Crippen LogP contribution is -2.27. The Balaban J connectivity index is 1.76. The second-order valence-electron chi connectivity index (χ2n) is 4.92. The van der Waals surface area contributed by atoms with Gasteiger partial charge >= 0.3 is 5.97 Å². The average Bonchev–Trinajstić information content (AvgIpc) is 3.00. The highest BCUT2D eigenvalue weighted by Crippen LogP contribution is 2.14. The van der Waals surface area contributed by atoms with E-state index < -0.39 is 18.0 Å². The SMILES string of the molecule is CC(=O)Nc1ccc(NC(=O)COC(=O)[C@H]2CCCO2)cc1. The summed E-state index contributed by atoms with van der Waals surface area (Å²) in [6, 6.07) is 6.61. The topological polar surface area (TPSA) is 93.7 Å². The summed E-state index contributed by atoms with van der Waals surface area (Å²) in [5.41, 5.74) is 1.18. The second-order valence-corrected chi connectivity index (χ2v) is 4.92. The van der Waals surface area contributed by atoms with Crippen molar-refractivity contribution in [3.05, 3.63) is 24.3 Å². The van der Waals surface area contributed by atoms with Crippen molar-refractivity contribution >= 4 is 29.2 Å². The van der Waals surface area contributed by atoms with E-state index in [4.69, 9.17) is 9.47 Å². The first-order valence-electron chi connectivity index (χ1n) is 7.00. The van der Waals surface area contributed by atoms with Crippen molar-refractivity contribution < 1.29 is 23.9 Å². The fourth-order valence-electron chi connectivity index (χ4n) is 2.03. The summed E-state index contributed by atoms with van der Waals surface area (Å²) >= 11 is 0. The maximum atomic E-state index is 11.7. The molecular formula is C15H18N2O5. The molecule has 2 amide bonds. The minimum atomic E-state index is -0.551. The Labute approximate surface area is 128 Å². The van der Waals surface area contributed by atoms with E-state index >= 15 is 0 Å². The molecule has 2 rings (SSSR count). The molecule has 0 bridgehead atoms. The molecule has 0 saturated carbocycles. The molecule has 22 heavy (non-hydrogen) atoms. The van der Waals surface area contributed by atoms with Crippen molar-refractivity contribution in [3.63, 3.8) is 0 Å². The van der Waals surface area contributed by atoms with Crippen LogP contribution in [0.15, 0.2) is 24.3 Å². The molecule has 0 aromatic heterocycles. The molecule has 0 spiro atoms. The number of anilines is 2. The Bertz CT molecular complexity index is 550. The molecule has 0 radical (unpaired) electrons. The lowest BCUT2D eigenvalue weighted by molar-refractivity contribution is -0.156. The third kappa shape index (κ3) is 4.85. The van der Waals surface area contributed by atoms with Gasteiger partial charge in [0.1, 0.15) is 0 Å². The van der Waals surface area contributed by atoms with Gasteiger partial charge in [0.25, 0.3) is 5.91 Å². The number of ether oxygens (including phenoxy) is 2. The smallest absolute Gasteiger partial charge is 0.335 e. The van der Waals surface area contributed by atoms with Gasteiger partial charge in [0.05, 0.1) is 0 Å². The molecule has 1 aliphatic heterocycles. The minimum Gasteiger partial charge on any atom is -0.454 e. The van der Waals surface area contributed by atoms with E-state index in [1.807, 2.05) is 0 Å². The van der Waals surface area contributed by atoms with Crippen LogP contribution in [0.3, 0.4) is 0 Å². The molecule has 0 unspecified atom stereocenters. The van der Waals surface area contributed by atoms with Crippen LogP contribution in [0.4, 0.5) is 11.4 Å². The van der Waals surface area contributed by atoms with Crippen LogP contribution in [0.5, 0.6) is 0 Å². The van der Waals surface area contributed by atoms with Crippen LogP contribution in [0.1, 0.15) is 19.8 Å². The van der Waals surface area contributed by atoms with Crippen molar-refractivity contribution in [3.8, 4) is 0 Å². The van der Waals surface area contributed by atoms with Gasteiger partial charge in [0.15, 0.2) is 12.7 Å². The van der Waals surface area contributed by atoms with E-state index in [9.17, 15) is 14.4 Å². The summed E-state index contributed by atoms with van der Waals surface area (Å²) in [6.45, 7) is 1.61. The Morgan fingerprint density at radius 1 is 1.18 bits per heavy atom. The summed E-state index contributed by atoms with van der Waals surface area (Å²) in [6.07, 6.45) is 0.905. The van der Waals surface area contributed by atoms with Gasteiger partial charge in [-0.1, -0.05) is 0 Å². The Morgan fingerprint density at radius 3 is 2.36 bits per heavy atom. The summed E-state index contributed by atoms with van der Waals surface area (Å²) < 4.78 is 10.1. The highest BCUT2D eigenvalue weighted by molar-refractivity contribution is 5.94. The molecule has 7 nitrogen and oxygen atoms in total. The van der Waals surface area contributed by atoms with Crippen LogP contribution in [0, 0.1) is 0 Å². The first kappa shape index (κ1) is 16.0. The van der Waals surface area contributed by atoms with E-state index in [2.05, 4.69) is 10.6 Å². The van der Waals surface area contributed by atoms with Crippen molar-refractivity contribution in [1.29, 1.82) is 0 Å². The second kappa shape index (κ2) is 7.56. The quantitative estimate of drug-likeness (QED) is 0.800. The predicted molar refractivity (Wildman–Crippen MR) is 79.3 cm³/mol. The molecule has 1 atom stereocenters. The first-order chi connectivity index (χ1) is 10.5. The Kier molecular flexibility index (Phi) is 5.48. The number of amides is 2. The van der Waals surface area contributed by atoms with Gasteiger partial charge < -0.3 is 20.1 Å². The lowest BCUT2D eigenvalue weighted by Gasteiger charge is -2.10. The fourth-order valence-corrected chi connectivity index (χ4v) is 2.03. The van der Waals surface area contributed by atoms with Gasteiger partial charge in [0, 0.05) is 24.9 Å². The number of rotatable bonds is 5. The molecule has 0 aliphatic carbocycles. The molecule has 2 N–H and O–H groups in total. The largest absolute Gasteiger partial charge is 0.454 e. The molecule has 1 aromatic rings. The maximum absolute atomic E-state index is 11.7. The molecule has 118 valence electrons. The number of esters is 1. The zero-order chi connectivity index (χ0) is 15.9. The summed E-state index contributed by atoms with van der Waals surface area (Å²) in [4.78, 5) is 34.2. The van der Waals surface area contributed by atoms with Crippen molar-refractivity contribution in [2.45, 2.75) is 25.9 Å². The first-order valence-corrected chi connectivity index (χ1v) is 7.00. The van der Waals surface area contributed by atoms with Crippen LogP contribution in [-0.2, 0) is 23.9 Å². The van der Waals surface area contributed by atoms with E-state index in [1.165, 1.54) is 6.92 Å². The van der Waals surface area contributed by atoms with E-state index in [0.717, 1.165) is 6.42 Å². The summed E-state index contributed by atoms with van der Waals surface area (Å²) in [5.74, 6) is -1.11. The zero-order valence-electron chi connectivity index (χ0n) is 12.3. The van der Waals surface area contributed by atoms with E-state index in [0.29, 0.717) is 24.4 Å². The fraction of sp³-hybridized carbons (Fsp3) is 0.400. The predicted octanol–water partition coefficient (Wildman–Crippen LogP) is 1.31. The number of nitrogens with one attached hydrogen (secondary N) is 2. The molecule has 1 fully saturated rings. The van der Waals surface area contributed by atoms with E-state index in [-0.39, 0.29) is 12.5 Å². The van der Waals surface area contributed by atoms with Gasteiger partial charge in [0.2, 0.25) is 5.91 Å². The van der Waals surface area contributed by atoms with Gasteiger partial charge in [-0.25, -0.2) is 4.79 Å². The lowest BCUT2D eigenvalue weighted by atomic mass is 10.2. The maximum Gasteiger partial charge on any atom is 0.335 e. The highest BCUT2D eigenvalue weighted by atomic mass is 16.6. The standard InChI is InChI=1S/C15H18N2O5/c1-10(18)16-11-4-6-12(7-5-11)17-14(19)9-22-15(20)13-3-2-8-21-13/h4-7,13H,2-3,8-9H2,1H3,(H,16,18)(H,17,19)/t13-/m1/s1. The molecular weight excluding hydrogens is 288 g/mol. The normalized spacial score (nSPS) is 16.9. The number of carbonyl (C=O) groups is 3. The third-order valence-electron chi connectivity index (χ3n) is 3.03. The summed E-state index contributed by atoms with van der Waals surface area (Å²) in [5, 5.41) is 5.22. The van der Waals surface area contributed by atoms with Gasteiger partial charge in [-0.05, 0) is 37.1 Å². The van der Waals surface area contributed by atoms with Gasteiger partial charge in [-0.3, -0.25) is 9.59 Å².